The fourth-order valence-electron chi connectivity index (χ4n) is 5.10. The van der Waals surface area contributed by atoms with Gasteiger partial charge in [0.05, 0.1) is 18.6 Å². The maximum absolute atomic E-state index is 13.4. The summed E-state index contributed by atoms with van der Waals surface area (Å²) in [7, 11) is 0. The molecule has 2 aromatic carbocycles. The summed E-state index contributed by atoms with van der Waals surface area (Å²) in [6.07, 6.45) is -6.96. The van der Waals surface area contributed by atoms with Gasteiger partial charge in [0.15, 0.2) is 11.5 Å². The quantitative estimate of drug-likeness (QED) is 0.293. The van der Waals surface area contributed by atoms with Gasteiger partial charge in [0, 0.05) is 27.7 Å². The van der Waals surface area contributed by atoms with Crippen LogP contribution in [0, 0.1) is 0 Å². The van der Waals surface area contributed by atoms with Crippen LogP contribution in [0.1, 0.15) is 44.9 Å². The molecule has 210 valence electrons. The Morgan fingerprint density at radius 1 is 1.03 bits per heavy atom. The monoisotopic (exact) mass is 546 g/mol. The lowest BCUT2D eigenvalue weighted by Gasteiger charge is -2.27. The van der Waals surface area contributed by atoms with E-state index in [1.165, 1.54) is 12.1 Å². The first kappa shape index (κ1) is 27.3. The van der Waals surface area contributed by atoms with E-state index in [-0.39, 0.29) is 29.4 Å². The number of benzene rings is 2. The second-order valence-corrected chi connectivity index (χ2v) is 11.3. The van der Waals surface area contributed by atoms with Crippen molar-refractivity contribution in [1.82, 2.24) is 4.57 Å². The van der Waals surface area contributed by atoms with Crippen LogP contribution < -0.4 is 14.8 Å². The highest BCUT2D eigenvalue weighted by Gasteiger charge is 2.52. The lowest BCUT2D eigenvalue weighted by molar-refractivity contribution is -0.286. The summed E-state index contributed by atoms with van der Waals surface area (Å²) in [5.41, 5.74) is 1.53. The molecular weight excluding hydrogens is 514 g/mol. The molecule has 5 N–H and O–H groups in total. The van der Waals surface area contributed by atoms with E-state index in [0.717, 1.165) is 16.6 Å². The molecule has 0 radical (unpaired) electrons. The van der Waals surface area contributed by atoms with Gasteiger partial charge in [-0.25, -0.2) is 0 Å². The zero-order chi connectivity index (χ0) is 28.3. The molecule has 0 bridgehead atoms. The molecule has 1 fully saturated rings. The van der Waals surface area contributed by atoms with E-state index >= 15 is 0 Å². The second kappa shape index (κ2) is 9.44. The predicted octanol–water partition coefficient (Wildman–Crippen LogP) is 3.01. The summed E-state index contributed by atoms with van der Waals surface area (Å²) in [5, 5.41) is 43.3. The first-order chi connectivity index (χ1) is 18.2. The number of aliphatic hydroxyl groups is 4. The van der Waals surface area contributed by atoms with Crippen molar-refractivity contribution in [3.05, 3.63) is 53.7 Å². The van der Waals surface area contributed by atoms with Gasteiger partial charge in [-0.2, -0.15) is 0 Å². The molecule has 9 nitrogen and oxygen atoms in total. The molecule has 11 heteroatoms. The number of anilines is 1. The summed E-state index contributed by atoms with van der Waals surface area (Å²) in [5.74, 6) is -0.444. The van der Waals surface area contributed by atoms with Crippen molar-refractivity contribution in [1.29, 1.82) is 0 Å². The number of aromatic nitrogens is 1. The highest BCUT2D eigenvalue weighted by atomic mass is 19.3. The van der Waals surface area contributed by atoms with E-state index in [2.05, 4.69) is 14.8 Å². The van der Waals surface area contributed by atoms with Gasteiger partial charge in [-0.3, -0.25) is 4.79 Å². The van der Waals surface area contributed by atoms with E-state index in [1.807, 2.05) is 31.4 Å². The molecule has 1 aromatic heterocycles. The standard InChI is InChI=1S/C28H32F2N2O7/c1-26(2,3)23-11-15-10-17(5-6-18(15)32(23)13-19(34)24(36)20(35)14-33)31-25(37)27(8-9-27)16-4-7-21-22(12-16)39-28(29,30)38-21/h4-7,10-12,19-20,24,33-36H,8-9,13-14H2,1-3H3,(H,31,37)/t19-,20-,24-/m1/s1. The van der Waals surface area contributed by atoms with Gasteiger partial charge in [0.2, 0.25) is 5.91 Å². The predicted molar refractivity (Wildman–Crippen MR) is 138 cm³/mol. The normalized spacial score (nSPS) is 19.5. The molecule has 0 unspecified atom stereocenters. The highest BCUT2D eigenvalue weighted by molar-refractivity contribution is 6.02. The Hall–Kier alpha value is -3.25. The number of carbonyl (C=O) groups excluding carboxylic acids is 1. The minimum absolute atomic E-state index is 0.0215. The van der Waals surface area contributed by atoms with Crippen LogP contribution in [0.4, 0.5) is 14.5 Å². The van der Waals surface area contributed by atoms with Gasteiger partial charge < -0.3 is 39.8 Å². The van der Waals surface area contributed by atoms with Gasteiger partial charge in [-0.05, 0) is 54.8 Å². The van der Waals surface area contributed by atoms with Crippen molar-refractivity contribution in [2.45, 2.75) is 75.6 Å². The lowest BCUT2D eigenvalue weighted by atomic mass is 9.92. The number of rotatable bonds is 8. The average molecular weight is 547 g/mol. The average Bonchev–Trinajstić information content (AvgIpc) is 3.51. The Labute approximate surface area is 223 Å². The number of hydrogen-bond acceptors (Lipinski definition) is 7. The molecule has 0 spiro atoms. The summed E-state index contributed by atoms with van der Waals surface area (Å²) in [6.45, 7) is 5.31. The van der Waals surface area contributed by atoms with Crippen LogP contribution in [-0.2, 0) is 22.2 Å². The summed E-state index contributed by atoms with van der Waals surface area (Å²) < 4.78 is 37.8. The molecular formula is C28H32F2N2O7. The molecule has 3 aromatic rings. The molecule has 0 saturated heterocycles. The number of amides is 1. The number of alkyl halides is 2. The number of aliphatic hydroxyl groups excluding tert-OH is 4. The van der Waals surface area contributed by atoms with Crippen molar-refractivity contribution in [3.8, 4) is 11.5 Å². The zero-order valence-corrected chi connectivity index (χ0v) is 21.8. The van der Waals surface area contributed by atoms with E-state index in [4.69, 9.17) is 5.11 Å². The van der Waals surface area contributed by atoms with Crippen LogP contribution in [0.15, 0.2) is 42.5 Å². The number of carbonyl (C=O) groups is 1. The van der Waals surface area contributed by atoms with E-state index in [9.17, 15) is 28.9 Å². The fraction of sp³-hybridized carbons (Fsp3) is 0.464. The van der Waals surface area contributed by atoms with Crippen molar-refractivity contribution < 1.29 is 43.5 Å². The molecule has 1 aliphatic carbocycles. The number of fused-ring (bicyclic) bond motifs is 2. The van der Waals surface area contributed by atoms with Crippen molar-refractivity contribution in [2.24, 2.45) is 0 Å². The minimum Gasteiger partial charge on any atom is -0.395 e. The number of hydrogen-bond donors (Lipinski definition) is 5. The Morgan fingerprint density at radius 3 is 2.36 bits per heavy atom. The van der Waals surface area contributed by atoms with Crippen LogP contribution in [0.25, 0.3) is 10.9 Å². The van der Waals surface area contributed by atoms with Gasteiger partial charge >= 0.3 is 6.29 Å². The largest absolute Gasteiger partial charge is 0.586 e. The molecule has 3 atom stereocenters. The molecule has 2 aliphatic rings. The van der Waals surface area contributed by atoms with Crippen LogP contribution in [0.5, 0.6) is 11.5 Å². The molecule has 1 amide bonds. The summed E-state index contributed by atoms with van der Waals surface area (Å²) in [4.78, 5) is 13.4. The molecule has 1 saturated carbocycles. The molecule has 2 heterocycles. The maximum Gasteiger partial charge on any atom is 0.586 e. The Morgan fingerprint density at radius 2 is 1.72 bits per heavy atom. The first-order valence-corrected chi connectivity index (χ1v) is 12.7. The van der Waals surface area contributed by atoms with E-state index in [1.54, 1.807) is 24.3 Å². The number of nitrogens with one attached hydrogen (secondary N) is 1. The van der Waals surface area contributed by atoms with Gasteiger partial charge in [0.1, 0.15) is 18.3 Å². The van der Waals surface area contributed by atoms with E-state index < -0.39 is 36.6 Å². The third kappa shape index (κ3) is 5.07. The first-order valence-electron chi connectivity index (χ1n) is 12.7. The summed E-state index contributed by atoms with van der Waals surface area (Å²) in [6, 6.07) is 11.7. The third-order valence-corrected chi connectivity index (χ3v) is 7.41. The maximum atomic E-state index is 13.4. The third-order valence-electron chi connectivity index (χ3n) is 7.41. The molecule has 1 aliphatic heterocycles. The summed E-state index contributed by atoms with van der Waals surface area (Å²) >= 11 is 0. The Balaban J connectivity index is 1.40. The van der Waals surface area contributed by atoms with Crippen LogP contribution in [0.3, 0.4) is 0 Å². The fourth-order valence-corrected chi connectivity index (χ4v) is 5.10. The number of halogens is 2. The Bertz CT molecular complexity index is 1410. The highest BCUT2D eigenvalue weighted by Crippen LogP contribution is 2.52. The van der Waals surface area contributed by atoms with Gasteiger partial charge in [-0.15, -0.1) is 8.78 Å². The zero-order valence-electron chi connectivity index (χ0n) is 21.8. The van der Waals surface area contributed by atoms with Crippen molar-refractivity contribution >= 4 is 22.5 Å². The number of ether oxygens (including phenoxy) is 2. The molecule has 39 heavy (non-hydrogen) atoms. The second-order valence-electron chi connectivity index (χ2n) is 11.3. The Kier molecular flexibility index (Phi) is 6.61. The van der Waals surface area contributed by atoms with Gasteiger partial charge in [0.25, 0.3) is 0 Å². The van der Waals surface area contributed by atoms with Crippen LogP contribution >= 0.6 is 0 Å². The topological polar surface area (TPSA) is 133 Å². The SMILES string of the molecule is CC(C)(C)c1cc2cc(NC(=O)C3(c4ccc5c(c4)OC(F)(F)O5)CC3)ccc2n1C[C@@H](O)[C@@H](O)[C@H](O)CO. The van der Waals surface area contributed by atoms with Crippen molar-refractivity contribution in [3.63, 3.8) is 0 Å². The van der Waals surface area contributed by atoms with E-state index in [0.29, 0.717) is 24.1 Å². The lowest BCUT2D eigenvalue weighted by Crippen LogP contribution is -2.42. The number of nitrogens with zero attached hydrogens (tertiary/aromatic N) is 1. The molecule has 5 rings (SSSR count). The van der Waals surface area contributed by atoms with Crippen molar-refractivity contribution in [2.75, 3.05) is 11.9 Å². The smallest absolute Gasteiger partial charge is 0.395 e. The minimum atomic E-state index is -3.73. The van der Waals surface area contributed by atoms with Crippen LogP contribution in [-0.4, -0.2) is 62.1 Å². The van der Waals surface area contributed by atoms with Gasteiger partial charge in [-0.1, -0.05) is 26.8 Å². The van der Waals surface area contributed by atoms with Crippen LogP contribution in [0.2, 0.25) is 0 Å².